The van der Waals surface area contributed by atoms with E-state index < -0.39 is 0 Å². The van der Waals surface area contributed by atoms with E-state index in [1.165, 1.54) is 0 Å². The summed E-state index contributed by atoms with van der Waals surface area (Å²) in [6.07, 6.45) is 3.84. The van der Waals surface area contributed by atoms with Crippen LogP contribution in [0.1, 0.15) is 25.7 Å². The molecule has 0 bridgehead atoms. The van der Waals surface area contributed by atoms with Gasteiger partial charge in [-0.05, 0) is 37.5 Å². The first-order chi connectivity index (χ1) is 8.24. The average Bonchev–Trinajstić information content (AvgIpc) is 2.79. The van der Waals surface area contributed by atoms with Gasteiger partial charge in [-0.3, -0.25) is 4.79 Å². The van der Waals surface area contributed by atoms with Crippen LogP contribution in [0, 0.1) is 0 Å². The second-order valence-corrected chi connectivity index (χ2v) is 5.15. The molecule has 1 aliphatic heterocycles. The van der Waals surface area contributed by atoms with Gasteiger partial charge in [0.2, 0.25) is 5.91 Å². The Balaban J connectivity index is 1.76. The lowest BCUT2D eigenvalue weighted by molar-refractivity contribution is -0.116. The average molecular weight is 298 g/mol. The molecule has 0 saturated carbocycles. The normalized spacial score (nSPS) is 19.2. The largest absolute Gasteiger partial charge is 0.378 e. The molecule has 4 heteroatoms. The molecule has 0 aromatic heterocycles. The number of nitrogens with one attached hydrogen (secondary N) is 1. The first kappa shape index (κ1) is 12.6. The second-order valence-electron chi connectivity index (χ2n) is 4.23. The molecule has 1 atom stereocenters. The van der Waals surface area contributed by atoms with Crippen LogP contribution in [0.15, 0.2) is 28.7 Å². The number of hydrogen-bond acceptors (Lipinski definition) is 2. The summed E-state index contributed by atoms with van der Waals surface area (Å²) in [5, 5.41) is 2.88. The van der Waals surface area contributed by atoms with Crippen LogP contribution in [0.4, 0.5) is 5.69 Å². The Kier molecular flexibility index (Phi) is 4.57. The van der Waals surface area contributed by atoms with E-state index in [0.717, 1.165) is 36.0 Å². The van der Waals surface area contributed by atoms with Crippen LogP contribution in [0.5, 0.6) is 0 Å². The minimum atomic E-state index is 0.0543. The number of anilines is 1. The van der Waals surface area contributed by atoms with Crippen molar-refractivity contribution in [2.75, 3.05) is 11.9 Å². The van der Waals surface area contributed by atoms with E-state index >= 15 is 0 Å². The van der Waals surface area contributed by atoms with Crippen molar-refractivity contribution in [3.63, 3.8) is 0 Å². The third-order valence-electron chi connectivity index (χ3n) is 2.83. The minimum absolute atomic E-state index is 0.0543. The van der Waals surface area contributed by atoms with Crippen molar-refractivity contribution in [3.8, 4) is 0 Å². The predicted octanol–water partition coefficient (Wildman–Crippen LogP) is 3.35. The predicted molar refractivity (Wildman–Crippen MR) is 71.0 cm³/mol. The van der Waals surface area contributed by atoms with Crippen molar-refractivity contribution in [3.05, 3.63) is 28.7 Å². The number of amides is 1. The van der Waals surface area contributed by atoms with E-state index in [0.29, 0.717) is 6.42 Å². The summed E-state index contributed by atoms with van der Waals surface area (Å²) in [5.74, 6) is 0.0543. The molecule has 1 aromatic rings. The van der Waals surface area contributed by atoms with Crippen molar-refractivity contribution >= 4 is 27.5 Å². The highest BCUT2D eigenvalue weighted by molar-refractivity contribution is 9.10. The standard InChI is InChI=1S/C13H16BrNO2/c14-10-3-1-4-11(9-10)15-13(16)7-6-12-5-2-8-17-12/h1,3-4,9,12H,2,5-8H2,(H,15,16). The Morgan fingerprint density at radius 1 is 1.53 bits per heavy atom. The van der Waals surface area contributed by atoms with Gasteiger partial charge in [0, 0.05) is 23.2 Å². The van der Waals surface area contributed by atoms with Gasteiger partial charge in [0.05, 0.1) is 6.10 Å². The smallest absolute Gasteiger partial charge is 0.224 e. The number of benzene rings is 1. The van der Waals surface area contributed by atoms with E-state index in [4.69, 9.17) is 4.74 Å². The highest BCUT2D eigenvalue weighted by atomic mass is 79.9. The number of ether oxygens (including phenoxy) is 1. The molecule has 1 amide bonds. The monoisotopic (exact) mass is 297 g/mol. The lowest BCUT2D eigenvalue weighted by Crippen LogP contribution is -2.15. The van der Waals surface area contributed by atoms with Gasteiger partial charge in [0.25, 0.3) is 0 Å². The molecule has 92 valence electrons. The maximum Gasteiger partial charge on any atom is 0.224 e. The zero-order valence-corrected chi connectivity index (χ0v) is 11.2. The highest BCUT2D eigenvalue weighted by Gasteiger charge is 2.16. The first-order valence-electron chi connectivity index (χ1n) is 5.91. The summed E-state index contributed by atoms with van der Waals surface area (Å²) in [6.45, 7) is 0.845. The lowest BCUT2D eigenvalue weighted by atomic mass is 10.1. The van der Waals surface area contributed by atoms with Crippen LogP contribution < -0.4 is 5.32 Å². The SMILES string of the molecule is O=C(CCC1CCCO1)Nc1cccc(Br)c1. The second kappa shape index (κ2) is 6.17. The van der Waals surface area contributed by atoms with Gasteiger partial charge in [-0.1, -0.05) is 22.0 Å². The summed E-state index contributed by atoms with van der Waals surface area (Å²) in [6, 6.07) is 7.61. The minimum Gasteiger partial charge on any atom is -0.378 e. The van der Waals surface area contributed by atoms with Crippen LogP contribution in [-0.4, -0.2) is 18.6 Å². The van der Waals surface area contributed by atoms with Crippen LogP contribution in [0.3, 0.4) is 0 Å². The van der Waals surface area contributed by atoms with Gasteiger partial charge >= 0.3 is 0 Å². The molecule has 1 unspecified atom stereocenters. The number of carbonyl (C=O) groups is 1. The molecule has 17 heavy (non-hydrogen) atoms. The van der Waals surface area contributed by atoms with Crippen LogP contribution in [0.25, 0.3) is 0 Å². The fourth-order valence-corrected chi connectivity index (χ4v) is 2.35. The number of rotatable bonds is 4. The Morgan fingerprint density at radius 2 is 2.41 bits per heavy atom. The molecule has 1 aliphatic rings. The van der Waals surface area contributed by atoms with Gasteiger partial charge in [0.1, 0.15) is 0 Å². The third-order valence-corrected chi connectivity index (χ3v) is 3.32. The molecular weight excluding hydrogens is 282 g/mol. The molecule has 2 rings (SSSR count). The maximum absolute atomic E-state index is 11.7. The Hall–Kier alpha value is -0.870. The quantitative estimate of drug-likeness (QED) is 0.925. The van der Waals surface area contributed by atoms with E-state index in [9.17, 15) is 4.79 Å². The molecule has 0 spiro atoms. The molecule has 1 heterocycles. The molecule has 1 N–H and O–H groups in total. The Bertz CT molecular complexity index is 389. The van der Waals surface area contributed by atoms with Crippen molar-refractivity contribution in [2.45, 2.75) is 31.8 Å². The zero-order chi connectivity index (χ0) is 12.1. The van der Waals surface area contributed by atoms with Crippen molar-refractivity contribution in [1.29, 1.82) is 0 Å². The number of halogens is 1. The van der Waals surface area contributed by atoms with Gasteiger partial charge in [-0.2, -0.15) is 0 Å². The van der Waals surface area contributed by atoms with E-state index in [-0.39, 0.29) is 12.0 Å². The Morgan fingerprint density at radius 3 is 3.12 bits per heavy atom. The van der Waals surface area contributed by atoms with Crippen molar-refractivity contribution < 1.29 is 9.53 Å². The molecule has 0 radical (unpaired) electrons. The fourth-order valence-electron chi connectivity index (χ4n) is 1.95. The lowest BCUT2D eigenvalue weighted by Gasteiger charge is -2.09. The van der Waals surface area contributed by atoms with Gasteiger partial charge in [0.15, 0.2) is 0 Å². The van der Waals surface area contributed by atoms with Crippen LogP contribution in [0.2, 0.25) is 0 Å². The molecule has 1 aromatic carbocycles. The Labute approximate surface area is 110 Å². The topological polar surface area (TPSA) is 38.3 Å². The fraction of sp³-hybridized carbons (Fsp3) is 0.462. The van der Waals surface area contributed by atoms with Gasteiger partial charge in [-0.25, -0.2) is 0 Å². The summed E-state index contributed by atoms with van der Waals surface area (Å²) in [5.41, 5.74) is 0.830. The number of carbonyl (C=O) groups excluding carboxylic acids is 1. The summed E-state index contributed by atoms with van der Waals surface area (Å²) >= 11 is 3.37. The van der Waals surface area contributed by atoms with Crippen LogP contribution >= 0.6 is 15.9 Å². The van der Waals surface area contributed by atoms with Gasteiger partial charge < -0.3 is 10.1 Å². The van der Waals surface area contributed by atoms with Gasteiger partial charge in [-0.15, -0.1) is 0 Å². The first-order valence-corrected chi connectivity index (χ1v) is 6.70. The molecular formula is C13H16BrNO2. The third kappa shape index (κ3) is 4.13. The van der Waals surface area contributed by atoms with E-state index in [1.807, 2.05) is 24.3 Å². The van der Waals surface area contributed by atoms with Crippen molar-refractivity contribution in [2.24, 2.45) is 0 Å². The maximum atomic E-state index is 11.7. The summed E-state index contributed by atoms with van der Waals surface area (Å²) in [4.78, 5) is 11.7. The number of hydrogen-bond donors (Lipinski definition) is 1. The van der Waals surface area contributed by atoms with E-state index in [2.05, 4.69) is 21.2 Å². The van der Waals surface area contributed by atoms with Crippen molar-refractivity contribution in [1.82, 2.24) is 0 Å². The van der Waals surface area contributed by atoms with Crippen LogP contribution in [-0.2, 0) is 9.53 Å². The highest BCUT2D eigenvalue weighted by Crippen LogP contribution is 2.18. The summed E-state index contributed by atoms with van der Waals surface area (Å²) in [7, 11) is 0. The molecule has 0 aliphatic carbocycles. The van der Waals surface area contributed by atoms with E-state index in [1.54, 1.807) is 0 Å². The molecule has 1 saturated heterocycles. The molecule has 3 nitrogen and oxygen atoms in total. The molecule has 1 fully saturated rings. The summed E-state index contributed by atoms with van der Waals surface area (Å²) < 4.78 is 6.45. The zero-order valence-electron chi connectivity index (χ0n) is 9.62.